The summed E-state index contributed by atoms with van der Waals surface area (Å²) in [6, 6.07) is 3.57. The van der Waals surface area contributed by atoms with Crippen molar-refractivity contribution in [3.63, 3.8) is 0 Å². The highest BCUT2D eigenvalue weighted by molar-refractivity contribution is 5.81. The van der Waals surface area contributed by atoms with Gasteiger partial charge in [-0.2, -0.15) is 0 Å². The maximum Gasteiger partial charge on any atom is 0.328 e. The van der Waals surface area contributed by atoms with Crippen molar-refractivity contribution >= 4 is 5.97 Å². The molecule has 74 valence electrons. The summed E-state index contributed by atoms with van der Waals surface area (Å²) >= 11 is 0. The van der Waals surface area contributed by atoms with Crippen LogP contribution in [-0.2, 0) is 10.3 Å². The van der Waals surface area contributed by atoms with Crippen LogP contribution in [0.2, 0.25) is 0 Å². The minimum absolute atomic E-state index is 0.633. The second-order valence-electron chi connectivity index (χ2n) is 3.48. The first-order valence-electron chi connectivity index (χ1n) is 4.65. The van der Waals surface area contributed by atoms with Gasteiger partial charge in [0, 0.05) is 18.0 Å². The lowest BCUT2D eigenvalue weighted by atomic mass is 9.90. The van der Waals surface area contributed by atoms with Crippen LogP contribution in [0.5, 0.6) is 0 Å². The molecule has 1 aromatic heterocycles. The quantitative estimate of drug-likeness (QED) is 0.725. The first kappa shape index (κ1) is 9.15. The maximum absolute atomic E-state index is 11.2. The average molecular weight is 192 g/mol. The van der Waals surface area contributed by atoms with E-state index < -0.39 is 11.5 Å². The van der Waals surface area contributed by atoms with Gasteiger partial charge in [-0.25, -0.2) is 4.79 Å². The van der Waals surface area contributed by atoms with E-state index in [9.17, 15) is 9.90 Å². The van der Waals surface area contributed by atoms with E-state index in [1.165, 1.54) is 0 Å². The molecule has 1 aliphatic rings. The van der Waals surface area contributed by atoms with Crippen LogP contribution in [0.1, 0.15) is 18.4 Å². The van der Waals surface area contributed by atoms with Crippen molar-refractivity contribution in [2.75, 3.05) is 6.54 Å². The molecule has 4 heteroatoms. The number of nitrogens with one attached hydrogen (secondary N) is 1. The van der Waals surface area contributed by atoms with Crippen LogP contribution in [0.3, 0.4) is 0 Å². The van der Waals surface area contributed by atoms with Crippen molar-refractivity contribution in [1.82, 2.24) is 10.3 Å². The molecule has 1 aliphatic heterocycles. The van der Waals surface area contributed by atoms with E-state index in [-0.39, 0.29) is 0 Å². The molecule has 1 saturated heterocycles. The standard InChI is InChI=1S/C10H12N2O2/c13-9(14)10(4-2-6-12-10)8-3-1-5-11-7-8/h1,3,5,7,12H,2,4,6H2,(H,13,14). The Morgan fingerprint density at radius 2 is 2.50 bits per heavy atom. The molecule has 0 bridgehead atoms. The first-order valence-corrected chi connectivity index (χ1v) is 4.65. The predicted molar refractivity (Wildman–Crippen MR) is 50.8 cm³/mol. The lowest BCUT2D eigenvalue weighted by Crippen LogP contribution is -2.44. The number of aromatic nitrogens is 1. The fourth-order valence-corrected chi connectivity index (χ4v) is 1.91. The van der Waals surface area contributed by atoms with Gasteiger partial charge in [0.1, 0.15) is 5.54 Å². The molecule has 0 aromatic carbocycles. The number of hydrogen-bond donors (Lipinski definition) is 2. The first-order chi connectivity index (χ1) is 6.76. The van der Waals surface area contributed by atoms with Gasteiger partial charge < -0.3 is 5.11 Å². The number of carbonyl (C=O) groups is 1. The van der Waals surface area contributed by atoms with Crippen LogP contribution in [0, 0.1) is 0 Å². The van der Waals surface area contributed by atoms with E-state index in [0.29, 0.717) is 6.42 Å². The summed E-state index contributed by atoms with van der Waals surface area (Å²) in [5.41, 5.74) is -0.168. The topological polar surface area (TPSA) is 62.2 Å². The van der Waals surface area contributed by atoms with E-state index in [1.54, 1.807) is 24.5 Å². The van der Waals surface area contributed by atoms with E-state index >= 15 is 0 Å². The minimum atomic E-state index is -0.908. The molecule has 2 rings (SSSR count). The van der Waals surface area contributed by atoms with Crippen LogP contribution in [0.4, 0.5) is 0 Å². The highest BCUT2D eigenvalue weighted by Crippen LogP contribution is 2.30. The van der Waals surface area contributed by atoms with Crippen molar-refractivity contribution in [1.29, 1.82) is 0 Å². The highest BCUT2D eigenvalue weighted by Gasteiger charge is 2.42. The number of carboxylic acids is 1. The van der Waals surface area contributed by atoms with Gasteiger partial charge in [0.05, 0.1) is 0 Å². The SMILES string of the molecule is O=C(O)C1(c2cccnc2)CCCN1. The fourth-order valence-electron chi connectivity index (χ4n) is 1.91. The molecule has 4 nitrogen and oxygen atoms in total. The van der Waals surface area contributed by atoms with E-state index in [0.717, 1.165) is 18.5 Å². The van der Waals surface area contributed by atoms with E-state index in [4.69, 9.17) is 0 Å². The van der Waals surface area contributed by atoms with Gasteiger partial charge >= 0.3 is 5.97 Å². The van der Waals surface area contributed by atoms with Gasteiger partial charge in [-0.3, -0.25) is 10.3 Å². The van der Waals surface area contributed by atoms with Crippen molar-refractivity contribution in [3.8, 4) is 0 Å². The molecule has 0 amide bonds. The Balaban J connectivity index is 2.42. The van der Waals surface area contributed by atoms with Gasteiger partial charge in [-0.1, -0.05) is 6.07 Å². The summed E-state index contributed by atoms with van der Waals surface area (Å²) in [6.07, 6.45) is 4.79. The van der Waals surface area contributed by atoms with Crippen LogP contribution >= 0.6 is 0 Å². The average Bonchev–Trinajstić information content (AvgIpc) is 2.69. The lowest BCUT2D eigenvalue weighted by molar-refractivity contribution is -0.144. The Bertz CT molecular complexity index is 331. The van der Waals surface area contributed by atoms with Gasteiger partial charge in [-0.05, 0) is 25.5 Å². The molecule has 0 spiro atoms. The number of carboxylic acid groups (broad SMARTS) is 1. The molecular formula is C10H12N2O2. The molecule has 0 saturated carbocycles. The molecule has 1 atom stereocenters. The summed E-state index contributed by atoms with van der Waals surface area (Å²) < 4.78 is 0. The fraction of sp³-hybridized carbons (Fsp3) is 0.400. The third kappa shape index (κ3) is 1.28. The summed E-state index contributed by atoms with van der Waals surface area (Å²) in [7, 11) is 0. The minimum Gasteiger partial charge on any atom is -0.480 e. The van der Waals surface area contributed by atoms with E-state index in [1.807, 2.05) is 0 Å². The van der Waals surface area contributed by atoms with Crippen molar-refractivity contribution < 1.29 is 9.90 Å². The van der Waals surface area contributed by atoms with E-state index in [2.05, 4.69) is 10.3 Å². The van der Waals surface area contributed by atoms with Gasteiger partial charge in [0.25, 0.3) is 0 Å². The zero-order valence-corrected chi connectivity index (χ0v) is 7.73. The Kier molecular flexibility index (Phi) is 2.21. The van der Waals surface area contributed by atoms with Gasteiger partial charge in [0.15, 0.2) is 0 Å². The molecule has 1 unspecified atom stereocenters. The summed E-state index contributed by atoms with van der Waals surface area (Å²) in [5, 5.41) is 12.3. The molecule has 2 N–H and O–H groups in total. The zero-order valence-electron chi connectivity index (χ0n) is 7.73. The number of rotatable bonds is 2. The number of aliphatic carboxylic acids is 1. The Morgan fingerprint density at radius 3 is 3.00 bits per heavy atom. The van der Waals surface area contributed by atoms with Gasteiger partial charge in [-0.15, -0.1) is 0 Å². The normalized spacial score (nSPS) is 26.3. The monoisotopic (exact) mass is 192 g/mol. The second-order valence-corrected chi connectivity index (χ2v) is 3.48. The van der Waals surface area contributed by atoms with Crippen molar-refractivity contribution in [2.45, 2.75) is 18.4 Å². The molecule has 1 fully saturated rings. The summed E-state index contributed by atoms with van der Waals surface area (Å²) in [5.74, 6) is -0.817. The largest absolute Gasteiger partial charge is 0.480 e. The smallest absolute Gasteiger partial charge is 0.328 e. The van der Waals surface area contributed by atoms with Crippen LogP contribution in [0.15, 0.2) is 24.5 Å². The third-order valence-corrected chi connectivity index (χ3v) is 2.67. The number of pyridine rings is 1. The Labute approximate surface area is 82.0 Å². The predicted octanol–water partition coefficient (Wildman–Crippen LogP) is 0.745. The lowest BCUT2D eigenvalue weighted by Gasteiger charge is -2.24. The Hall–Kier alpha value is -1.42. The van der Waals surface area contributed by atoms with Crippen LogP contribution in [0.25, 0.3) is 0 Å². The summed E-state index contributed by atoms with van der Waals surface area (Å²) in [4.78, 5) is 15.2. The molecule has 0 aliphatic carbocycles. The molecular weight excluding hydrogens is 180 g/mol. The zero-order chi connectivity index (χ0) is 10.0. The highest BCUT2D eigenvalue weighted by atomic mass is 16.4. The third-order valence-electron chi connectivity index (χ3n) is 2.67. The summed E-state index contributed by atoms with van der Waals surface area (Å²) in [6.45, 7) is 0.751. The van der Waals surface area contributed by atoms with Crippen LogP contribution in [-0.4, -0.2) is 22.6 Å². The molecule has 1 aromatic rings. The Morgan fingerprint density at radius 1 is 1.64 bits per heavy atom. The molecule has 0 radical (unpaired) electrons. The molecule has 14 heavy (non-hydrogen) atoms. The number of hydrogen-bond acceptors (Lipinski definition) is 3. The number of nitrogens with zero attached hydrogens (tertiary/aromatic N) is 1. The van der Waals surface area contributed by atoms with Crippen molar-refractivity contribution in [3.05, 3.63) is 30.1 Å². The van der Waals surface area contributed by atoms with Gasteiger partial charge in [0.2, 0.25) is 0 Å². The second kappa shape index (κ2) is 3.38. The maximum atomic E-state index is 11.2. The van der Waals surface area contributed by atoms with Crippen LogP contribution < -0.4 is 5.32 Å². The molecule has 2 heterocycles. The van der Waals surface area contributed by atoms with Crippen molar-refractivity contribution in [2.24, 2.45) is 0 Å².